The predicted octanol–water partition coefficient (Wildman–Crippen LogP) is 3.01. The molecule has 0 fully saturated rings. The number of carbonyl (C=O) groups excluding carboxylic acids is 1. The maximum atomic E-state index is 12.3. The summed E-state index contributed by atoms with van der Waals surface area (Å²) in [5.74, 6) is 0.857. The summed E-state index contributed by atoms with van der Waals surface area (Å²) in [6, 6.07) is 7.01. The van der Waals surface area contributed by atoms with Crippen molar-refractivity contribution < 1.29 is 17.9 Å². The van der Waals surface area contributed by atoms with Gasteiger partial charge in [-0.25, -0.2) is 18.2 Å². The van der Waals surface area contributed by atoms with E-state index in [-0.39, 0.29) is 24.5 Å². The highest BCUT2D eigenvalue weighted by atomic mass is 32.2. The van der Waals surface area contributed by atoms with Crippen molar-refractivity contribution in [1.82, 2.24) is 15.6 Å². The summed E-state index contributed by atoms with van der Waals surface area (Å²) in [6.07, 6.45) is 8.93. The molecule has 182 valence electrons. The topological polar surface area (TPSA) is 112 Å². The first kappa shape index (κ1) is 26.6. The fourth-order valence-corrected chi connectivity index (χ4v) is 4.67. The van der Waals surface area contributed by atoms with Gasteiger partial charge in [0, 0.05) is 12.1 Å². The van der Waals surface area contributed by atoms with Gasteiger partial charge in [0.05, 0.1) is 36.6 Å². The SMILES string of the molecule is C=CC[C@H](C=C)S(=O)(=O)CCCNC(=O)N/C(=C/N1CC=CC(c2cccc(OC)c2)=N1)N=C. The van der Waals surface area contributed by atoms with Crippen LogP contribution in [-0.4, -0.2) is 63.1 Å². The molecule has 1 aliphatic rings. The third-order valence-electron chi connectivity index (χ3n) is 4.87. The number of sulfone groups is 1. The van der Waals surface area contributed by atoms with Crippen LogP contribution in [0, 0.1) is 0 Å². The number of methoxy groups -OCH3 is 1. The molecule has 0 saturated heterocycles. The van der Waals surface area contributed by atoms with Gasteiger partial charge in [-0.3, -0.25) is 10.3 Å². The Bertz CT molecular complexity index is 1090. The molecular formula is C24H31N5O4S. The second kappa shape index (κ2) is 13.1. The van der Waals surface area contributed by atoms with Gasteiger partial charge in [-0.05, 0) is 37.8 Å². The fourth-order valence-electron chi connectivity index (χ4n) is 3.10. The molecule has 0 bridgehead atoms. The number of hydrogen-bond acceptors (Lipinski definition) is 7. The molecule has 2 rings (SSSR count). The van der Waals surface area contributed by atoms with Gasteiger partial charge in [0.2, 0.25) is 0 Å². The van der Waals surface area contributed by atoms with E-state index >= 15 is 0 Å². The zero-order valence-corrected chi connectivity index (χ0v) is 20.1. The molecule has 34 heavy (non-hydrogen) atoms. The minimum Gasteiger partial charge on any atom is -0.497 e. The molecule has 10 heteroatoms. The van der Waals surface area contributed by atoms with Crippen molar-refractivity contribution in [3.63, 3.8) is 0 Å². The minimum atomic E-state index is -3.35. The third-order valence-corrected chi connectivity index (χ3v) is 7.03. The van der Waals surface area contributed by atoms with E-state index in [1.807, 2.05) is 36.4 Å². The van der Waals surface area contributed by atoms with Gasteiger partial charge < -0.3 is 10.1 Å². The lowest BCUT2D eigenvalue weighted by atomic mass is 10.1. The molecular weight excluding hydrogens is 454 g/mol. The Kier molecular flexibility index (Phi) is 10.3. The van der Waals surface area contributed by atoms with Crippen molar-refractivity contribution in [3.8, 4) is 5.75 Å². The van der Waals surface area contributed by atoms with Crippen molar-refractivity contribution in [2.45, 2.75) is 18.1 Å². The number of nitrogens with one attached hydrogen (secondary N) is 2. The summed E-state index contributed by atoms with van der Waals surface area (Å²) < 4.78 is 29.9. The number of urea groups is 1. The van der Waals surface area contributed by atoms with E-state index in [9.17, 15) is 13.2 Å². The Morgan fingerprint density at radius 3 is 2.85 bits per heavy atom. The number of rotatable bonds is 13. The number of hydrogen-bond donors (Lipinski definition) is 2. The standard InChI is InChI=1S/C24H31N5O4S/c1-5-10-21(6-2)34(31,32)16-9-14-26-24(30)27-23(25-3)18-29-15-8-13-22(28-29)19-11-7-12-20(17-19)33-4/h5-8,11-13,17-18,21H,1-3,9-10,14-16H2,4H3,(H2,26,27,30)/b23-18+/t21-/m0/s1. The number of nitrogens with zero attached hydrogens (tertiary/aromatic N) is 3. The normalized spacial score (nSPS) is 14.6. The zero-order chi connectivity index (χ0) is 25.0. The number of amides is 2. The molecule has 0 radical (unpaired) electrons. The molecule has 9 nitrogen and oxygen atoms in total. The third kappa shape index (κ3) is 8.04. The summed E-state index contributed by atoms with van der Waals surface area (Å²) in [5, 5.41) is 10.7. The van der Waals surface area contributed by atoms with E-state index in [1.54, 1.807) is 24.4 Å². The molecule has 1 aliphatic heterocycles. The molecule has 2 N–H and O–H groups in total. The van der Waals surface area contributed by atoms with Crippen molar-refractivity contribution in [1.29, 1.82) is 0 Å². The van der Waals surface area contributed by atoms with Crippen molar-refractivity contribution >= 4 is 28.3 Å². The van der Waals surface area contributed by atoms with Crippen LogP contribution in [0.2, 0.25) is 0 Å². The summed E-state index contributed by atoms with van der Waals surface area (Å²) in [6.45, 7) is 11.3. The number of hydrazone groups is 1. The lowest BCUT2D eigenvalue weighted by Crippen LogP contribution is -2.36. The Morgan fingerprint density at radius 2 is 2.18 bits per heavy atom. The van der Waals surface area contributed by atoms with Crippen molar-refractivity contribution in [3.05, 3.63) is 79.3 Å². The van der Waals surface area contributed by atoms with Crippen LogP contribution in [0.1, 0.15) is 18.4 Å². The molecule has 0 unspecified atom stereocenters. The zero-order valence-electron chi connectivity index (χ0n) is 19.3. The van der Waals surface area contributed by atoms with Crippen molar-refractivity contribution in [2.75, 3.05) is 26.0 Å². The van der Waals surface area contributed by atoms with Gasteiger partial charge >= 0.3 is 6.03 Å². The van der Waals surface area contributed by atoms with E-state index in [2.05, 4.69) is 40.6 Å². The first-order chi connectivity index (χ1) is 16.3. The van der Waals surface area contributed by atoms with Crippen LogP contribution in [0.3, 0.4) is 0 Å². The van der Waals surface area contributed by atoms with E-state index < -0.39 is 21.1 Å². The molecule has 0 spiro atoms. The molecule has 1 heterocycles. The maximum absolute atomic E-state index is 12.3. The first-order valence-corrected chi connectivity index (χ1v) is 12.4. The van der Waals surface area contributed by atoms with E-state index in [0.29, 0.717) is 13.0 Å². The quantitative estimate of drug-likeness (QED) is 0.253. The van der Waals surface area contributed by atoms with Crippen molar-refractivity contribution in [2.24, 2.45) is 10.1 Å². The Hall–Kier alpha value is -3.66. The predicted molar refractivity (Wildman–Crippen MR) is 137 cm³/mol. The lowest BCUT2D eigenvalue weighted by molar-refractivity contribution is 0.243. The van der Waals surface area contributed by atoms with Gasteiger partial charge in [0.1, 0.15) is 5.75 Å². The van der Waals surface area contributed by atoms with Crippen LogP contribution >= 0.6 is 0 Å². The molecule has 0 aliphatic carbocycles. The number of carbonyl (C=O) groups is 1. The minimum absolute atomic E-state index is 0.0674. The van der Waals surface area contributed by atoms with E-state index in [4.69, 9.17) is 4.74 Å². The van der Waals surface area contributed by atoms with Crippen LogP contribution < -0.4 is 15.4 Å². The van der Waals surface area contributed by atoms with E-state index in [1.165, 1.54) is 6.08 Å². The first-order valence-electron chi connectivity index (χ1n) is 10.7. The monoisotopic (exact) mass is 485 g/mol. The molecule has 1 aromatic rings. The van der Waals surface area contributed by atoms with Crippen LogP contribution in [0.5, 0.6) is 5.75 Å². The lowest BCUT2D eigenvalue weighted by Gasteiger charge is -2.19. The number of benzene rings is 1. The summed E-state index contributed by atoms with van der Waals surface area (Å²) >= 11 is 0. The van der Waals surface area contributed by atoms with Crippen LogP contribution in [0.4, 0.5) is 4.79 Å². The highest BCUT2D eigenvalue weighted by molar-refractivity contribution is 7.92. The number of aliphatic imine (C=N–C) groups is 1. The van der Waals surface area contributed by atoms with Gasteiger partial charge in [-0.15, -0.1) is 13.2 Å². The summed E-state index contributed by atoms with van der Waals surface area (Å²) in [7, 11) is -1.75. The second-order valence-electron chi connectivity index (χ2n) is 7.31. The highest BCUT2D eigenvalue weighted by Gasteiger charge is 2.20. The fraction of sp³-hybridized carbons (Fsp3) is 0.292. The van der Waals surface area contributed by atoms with Crippen LogP contribution in [0.25, 0.3) is 0 Å². The average molecular weight is 486 g/mol. The Balaban J connectivity index is 1.92. The molecule has 1 aromatic carbocycles. The smallest absolute Gasteiger partial charge is 0.320 e. The summed E-state index contributed by atoms with van der Waals surface area (Å²) in [4.78, 5) is 16.1. The summed E-state index contributed by atoms with van der Waals surface area (Å²) in [5.41, 5.74) is 1.61. The molecule has 1 atom stereocenters. The highest BCUT2D eigenvalue weighted by Crippen LogP contribution is 2.16. The van der Waals surface area contributed by atoms with Gasteiger partial charge in [-0.1, -0.05) is 30.4 Å². The molecule has 2 amide bonds. The Morgan fingerprint density at radius 1 is 1.38 bits per heavy atom. The number of ether oxygens (including phenoxy) is 1. The Labute approximate surface area is 201 Å². The number of allylic oxidation sites excluding steroid dienone is 2. The van der Waals surface area contributed by atoms with Gasteiger partial charge in [-0.2, -0.15) is 5.10 Å². The van der Waals surface area contributed by atoms with Crippen LogP contribution in [-0.2, 0) is 9.84 Å². The van der Waals surface area contributed by atoms with Crippen LogP contribution in [0.15, 0.2) is 83.8 Å². The molecule has 0 aromatic heterocycles. The largest absolute Gasteiger partial charge is 0.497 e. The van der Waals surface area contributed by atoms with Gasteiger partial charge in [0.15, 0.2) is 15.7 Å². The average Bonchev–Trinajstić information content (AvgIpc) is 2.84. The van der Waals surface area contributed by atoms with E-state index in [0.717, 1.165) is 17.0 Å². The maximum Gasteiger partial charge on any atom is 0.320 e. The second-order valence-corrected chi connectivity index (χ2v) is 9.65. The van der Waals surface area contributed by atoms with Gasteiger partial charge in [0.25, 0.3) is 0 Å². The molecule has 0 saturated carbocycles.